The summed E-state index contributed by atoms with van der Waals surface area (Å²) in [5.41, 5.74) is 6.84. The van der Waals surface area contributed by atoms with Gasteiger partial charge in [0.25, 0.3) is 11.8 Å². The predicted molar refractivity (Wildman–Crippen MR) is 155 cm³/mol. The number of hydrogen-bond donors (Lipinski definition) is 2. The monoisotopic (exact) mass is 582 g/mol. The fraction of sp³-hybridized carbons (Fsp3) is 0.161. The van der Waals surface area contributed by atoms with Crippen molar-refractivity contribution in [3.8, 4) is 16.9 Å². The smallest absolute Gasteiger partial charge is 0.270 e. The highest BCUT2D eigenvalue weighted by atomic mass is 79.9. The zero-order valence-electron chi connectivity index (χ0n) is 21.6. The van der Waals surface area contributed by atoms with Crippen LogP contribution in [0.3, 0.4) is 0 Å². The van der Waals surface area contributed by atoms with Crippen molar-refractivity contribution in [1.29, 1.82) is 0 Å². The molecule has 1 aromatic heterocycles. The molecule has 2 amide bonds. The number of aliphatic imine (C=N–C) groups is 1. The van der Waals surface area contributed by atoms with E-state index in [0.29, 0.717) is 17.9 Å². The van der Waals surface area contributed by atoms with E-state index in [-0.39, 0.29) is 24.1 Å². The van der Waals surface area contributed by atoms with Gasteiger partial charge in [-0.3, -0.25) is 19.6 Å². The molecule has 7 nitrogen and oxygen atoms in total. The number of rotatable bonds is 8. The van der Waals surface area contributed by atoms with Crippen LogP contribution in [-0.2, 0) is 6.54 Å². The molecule has 196 valence electrons. The lowest BCUT2D eigenvalue weighted by Crippen LogP contribution is -2.38. The normalized spacial score (nSPS) is 12.7. The van der Waals surface area contributed by atoms with Gasteiger partial charge in [0.2, 0.25) is 0 Å². The molecule has 1 aliphatic rings. The van der Waals surface area contributed by atoms with E-state index in [4.69, 9.17) is 4.74 Å². The SMILES string of the molecule is COc1cccc([C@@H](CNC(=O)c2ccc(Br)cc2)NC(=O)c2cc(-c3ccc4c(c3)C(C)=NC4)ccn2)c1. The Kier molecular flexibility index (Phi) is 7.84. The molecule has 8 heteroatoms. The second-order valence-electron chi connectivity index (χ2n) is 9.22. The summed E-state index contributed by atoms with van der Waals surface area (Å²) in [6.45, 7) is 2.89. The van der Waals surface area contributed by atoms with Crippen LogP contribution in [-0.4, -0.2) is 36.2 Å². The third-order valence-electron chi connectivity index (χ3n) is 6.69. The van der Waals surface area contributed by atoms with Gasteiger partial charge in [-0.05, 0) is 83.8 Å². The molecule has 2 N–H and O–H groups in total. The summed E-state index contributed by atoms with van der Waals surface area (Å²) >= 11 is 3.38. The fourth-order valence-corrected chi connectivity index (χ4v) is 4.76. The van der Waals surface area contributed by atoms with Crippen LogP contribution >= 0.6 is 15.9 Å². The number of ether oxygens (including phenoxy) is 1. The fourth-order valence-electron chi connectivity index (χ4n) is 4.49. The molecule has 0 fully saturated rings. The standard InChI is InChI=1S/C31H27BrN4O3/c1-19-27-15-21(6-7-24(27)17-34-19)22-12-13-33-28(16-22)31(38)36-29(23-4-3-5-26(14-23)39-2)18-35-30(37)20-8-10-25(32)11-9-20/h3-16,29H,17-18H2,1-2H3,(H,35,37)(H,36,38)/t29-/m1/s1. The highest BCUT2D eigenvalue weighted by molar-refractivity contribution is 9.10. The summed E-state index contributed by atoms with van der Waals surface area (Å²) < 4.78 is 6.27. The minimum absolute atomic E-state index is 0.178. The molecule has 39 heavy (non-hydrogen) atoms. The van der Waals surface area contributed by atoms with E-state index < -0.39 is 6.04 Å². The average Bonchev–Trinajstić information content (AvgIpc) is 3.35. The Balaban J connectivity index is 1.37. The van der Waals surface area contributed by atoms with E-state index in [1.807, 2.05) is 55.5 Å². The molecule has 3 aromatic carbocycles. The van der Waals surface area contributed by atoms with E-state index >= 15 is 0 Å². The minimum Gasteiger partial charge on any atom is -0.497 e. The van der Waals surface area contributed by atoms with Crippen LogP contribution in [0.1, 0.15) is 50.5 Å². The Bertz CT molecular complexity index is 1570. The molecule has 2 heterocycles. The number of hydrogen-bond acceptors (Lipinski definition) is 5. The number of nitrogens with zero attached hydrogens (tertiary/aromatic N) is 2. The number of benzene rings is 3. The third kappa shape index (κ3) is 6.07. The summed E-state index contributed by atoms with van der Waals surface area (Å²) in [4.78, 5) is 35.0. The van der Waals surface area contributed by atoms with Gasteiger partial charge in [-0.2, -0.15) is 0 Å². The summed E-state index contributed by atoms with van der Waals surface area (Å²) in [6, 6.07) is 23.9. The van der Waals surface area contributed by atoms with Gasteiger partial charge in [-0.1, -0.05) is 40.2 Å². The average molecular weight is 583 g/mol. The molecular formula is C31H27BrN4O3. The third-order valence-corrected chi connectivity index (χ3v) is 7.22. The Labute approximate surface area is 235 Å². The molecule has 0 radical (unpaired) electrons. The van der Waals surface area contributed by atoms with E-state index in [1.165, 1.54) is 5.56 Å². The van der Waals surface area contributed by atoms with Gasteiger partial charge in [0.15, 0.2) is 0 Å². The summed E-state index contributed by atoms with van der Waals surface area (Å²) in [7, 11) is 1.59. The predicted octanol–water partition coefficient (Wildman–Crippen LogP) is 5.74. The van der Waals surface area contributed by atoms with Crippen LogP contribution in [0.5, 0.6) is 5.75 Å². The largest absolute Gasteiger partial charge is 0.497 e. The lowest BCUT2D eigenvalue weighted by molar-refractivity contribution is 0.0905. The van der Waals surface area contributed by atoms with Crippen LogP contribution in [0.4, 0.5) is 0 Å². The second kappa shape index (κ2) is 11.6. The van der Waals surface area contributed by atoms with Crippen molar-refractivity contribution in [3.63, 3.8) is 0 Å². The van der Waals surface area contributed by atoms with Crippen LogP contribution in [0.2, 0.25) is 0 Å². The van der Waals surface area contributed by atoms with Crippen molar-refractivity contribution in [2.75, 3.05) is 13.7 Å². The van der Waals surface area contributed by atoms with Gasteiger partial charge >= 0.3 is 0 Å². The highest BCUT2D eigenvalue weighted by Crippen LogP contribution is 2.27. The summed E-state index contributed by atoms with van der Waals surface area (Å²) in [5.74, 6) is 0.0724. The van der Waals surface area contributed by atoms with Crippen molar-refractivity contribution >= 4 is 33.5 Å². The van der Waals surface area contributed by atoms with E-state index in [1.54, 1.807) is 31.5 Å². The number of amides is 2. The molecule has 1 aliphatic heterocycles. The van der Waals surface area contributed by atoms with Gasteiger partial charge in [0, 0.05) is 34.1 Å². The first kappa shape index (κ1) is 26.3. The molecule has 1 atom stereocenters. The van der Waals surface area contributed by atoms with E-state index in [9.17, 15) is 9.59 Å². The van der Waals surface area contributed by atoms with Gasteiger partial charge in [0.1, 0.15) is 11.4 Å². The maximum absolute atomic E-state index is 13.4. The van der Waals surface area contributed by atoms with Crippen molar-refractivity contribution in [2.45, 2.75) is 19.5 Å². The van der Waals surface area contributed by atoms with Gasteiger partial charge in [-0.15, -0.1) is 0 Å². The first-order valence-corrected chi connectivity index (χ1v) is 13.3. The number of aromatic nitrogens is 1. The maximum atomic E-state index is 13.4. The van der Waals surface area contributed by atoms with Crippen molar-refractivity contribution in [2.24, 2.45) is 4.99 Å². The lowest BCUT2D eigenvalue weighted by atomic mass is 9.98. The number of carbonyl (C=O) groups is 2. The number of carbonyl (C=O) groups excluding carboxylic acids is 2. The minimum atomic E-state index is -0.517. The zero-order valence-corrected chi connectivity index (χ0v) is 23.2. The quantitative estimate of drug-likeness (QED) is 0.277. The topological polar surface area (TPSA) is 92.7 Å². The number of halogens is 1. The first-order chi connectivity index (χ1) is 18.9. The highest BCUT2D eigenvalue weighted by Gasteiger charge is 2.20. The molecule has 0 saturated carbocycles. The molecule has 0 aliphatic carbocycles. The Morgan fingerprint density at radius 2 is 1.77 bits per heavy atom. The van der Waals surface area contributed by atoms with Gasteiger partial charge in [-0.25, -0.2) is 0 Å². The molecule has 0 bridgehead atoms. The lowest BCUT2D eigenvalue weighted by Gasteiger charge is -2.20. The number of nitrogens with one attached hydrogen (secondary N) is 2. The van der Waals surface area contributed by atoms with E-state index in [2.05, 4.69) is 48.7 Å². The number of pyridine rings is 1. The Morgan fingerprint density at radius 1 is 0.974 bits per heavy atom. The first-order valence-electron chi connectivity index (χ1n) is 12.5. The van der Waals surface area contributed by atoms with Gasteiger partial charge in [0.05, 0.1) is 19.7 Å². The molecule has 0 saturated heterocycles. The van der Waals surface area contributed by atoms with Crippen molar-refractivity contribution < 1.29 is 14.3 Å². The second-order valence-corrected chi connectivity index (χ2v) is 10.1. The summed E-state index contributed by atoms with van der Waals surface area (Å²) in [6.07, 6.45) is 1.63. The molecular weight excluding hydrogens is 556 g/mol. The van der Waals surface area contributed by atoms with Crippen molar-refractivity contribution in [1.82, 2.24) is 15.6 Å². The van der Waals surface area contributed by atoms with Crippen LogP contribution in [0.15, 0.2) is 94.5 Å². The molecule has 0 unspecified atom stereocenters. The van der Waals surface area contributed by atoms with Crippen LogP contribution in [0, 0.1) is 0 Å². The maximum Gasteiger partial charge on any atom is 0.270 e. The molecule has 5 rings (SSSR count). The van der Waals surface area contributed by atoms with Crippen LogP contribution in [0.25, 0.3) is 11.1 Å². The number of methoxy groups -OCH3 is 1. The summed E-state index contributed by atoms with van der Waals surface area (Å²) in [5, 5.41) is 5.98. The van der Waals surface area contributed by atoms with E-state index in [0.717, 1.165) is 32.4 Å². The van der Waals surface area contributed by atoms with Gasteiger partial charge < -0.3 is 15.4 Å². The Morgan fingerprint density at radius 3 is 2.56 bits per heavy atom. The molecule has 0 spiro atoms. The molecule has 4 aromatic rings. The Hall–Kier alpha value is -4.30. The van der Waals surface area contributed by atoms with Crippen molar-refractivity contribution in [3.05, 3.63) is 117 Å². The zero-order chi connectivity index (χ0) is 27.4. The van der Waals surface area contributed by atoms with Crippen LogP contribution < -0.4 is 15.4 Å². The number of fused-ring (bicyclic) bond motifs is 1.